The number of nitrogens with zero attached hydrogens (tertiary/aromatic N) is 3. The summed E-state index contributed by atoms with van der Waals surface area (Å²) < 4.78 is 0. The molecule has 2 fully saturated rings. The number of phenolic OH excluding ortho intramolecular Hbond substituents is 1. The van der Waals surface area contributed by atoms with Crippen molar-refractivity contribution in [1.82, 2.24) is 4.90 Å². The Kier molecular flexibility index (Phi) is 7.68. The van der Waals surface area contributed by atoms with Crippen molar-refractivity contribution in [1.29, 1.82) is 0 Å². The topological polar surface area (TPSA) is 215 Å². The van der Waals surface area contributed by atoms with E-state index < -0.39 is 58.0 Å². The molecule has 4 aliphatic rings. The first-order valence-electron chi connectivity index (χ1n) is 14.5. The second-order valence-corrected chi connectivity index (χ2v) is 12.4. The maximum absolute atomic E-state index is 14.1. The highest BCUT2D eigenvalue weighted by molar-refractivity contribution is 6.24. The van der Waals surface area contributed by atoms with E-state index in [2.05, 4.69) is 10.3 Å². The SMILES string of the molecule is CN(C)c1cc(NC(N)=NC2CCCCC2)c(O)c2c1C[C@@H]1C[C@@H]3[C@@H](N(C)C)C(=O)C(C(N)=O)=C(O)[C@]3(O)C(=O)C1=C2O. The van der Waals surface area contributed by atoms with Gasteiger partial charge in [0.1, 0.15) is 22.8 Å². The molecule has 1 aromatic rings. The first kappa shape index (κ1) is 30.4. The normalized spacial score (nSPS) is 28.0. The minimum atomic E-state index is -2.70. The van der Waals surface area contributed by atoms with Crippen molar-refractivity contribution in [2.45, 2.75) is 62.6 Å². The average molecular weight is 597 g/mol. The van der Waals surface area contributed by atoms with Crippen LogP contribution in [0.5, 0.6) is 5.75 Å². The van der Waals surface area contributed by atoms with Crippen LogP contribution in [0.2, 0.25) is 0 Å². The Bertz CT molecular complexity index is 1490. The number of aliphatic hydroxyl groups excluding tert-OH is 2. The van der Waals surface area contributed by atoms with Crippen molar-refractivity contribution < 1.29 is 34.8 Å². The van der Waals surface area contributed by atoms with Gasteiger partial charge in [-0.05, 0) is 57.3 Å². The lowest BCUT2D eigenvalue weighted by Crippen LogP contribution is -2.65. The summed E-state index contributed by atoms with van der Waals surface area (Å²) in [6.45, 7) is 0. The number of aromatic hydroxyl groups is 1. The number of amides is 1. The summed E-state index contributed by atoms with van der Waals surface area (Å²) in [6, 6.07) is 0.618. The van der Waals surface area contributed by atoms with Crippen LogP contribution in [0, 0.1) is 11.8 Å². The molecule has 232 valence electrons. The summed E-state index contributed by atoms with van der Waals surface area (Å²) in [5.74, 6) is -6.88. The summed E-state index contributed by atoms with van der Waals surface area (Å²) in [7, 11) is 6.72. The third kappa shape index (κ3) is 4.70. The summed E-state index contributed by atoms with van der Waals surface area (Å²) >= 11 is 0. The number of carbonyl (C=O) groups excluding carboxylic acids is 3. The van der Waals surface area contributed by atoms with Crippen LogP contribution in [-0.2, 0) is 20.8 Å². The molecule has 4 atom stereocenters. The van der Waals surface area contributed by atoms with Crippen molar-refractivity contribution in [2.75, 3.05) is 38.4 Å². The Balaban J connectivity index is 1.65. The molecular weight excluding hydrogens is 556 g/mol. The van der Waals surface area contributed by atoms with Crippen LogP contribution in [0.25, 0.3) is 5.76 Å². The van der Waals surface area contributed by atoms with Gasteiger partial charge in [-0.25, -0.2) is 4.99 Å². The van der Waals surface area contributed by atoms with Gasteiger partial charge in [0.15, 0.2) is 17.3 Å². The predicted octanol–water partition coefficient (Wildman–Crippen LogP) is 1.09. The number of aliphatic hydroxyl groups is 3. The number of hydrogen-bond acceptors (Lipinski definition) is 10. The van der Waals surface area contributed by atoms with Crippen molar-refractivity contribution in [3.8, 4) is 5.75 Å². The summed E-state index contributed by atoms with van der Waals surface area (Å²) in [4.78, 5) is 47.4. The van der Waals surface area contributed by atoms with Gasteiger partial charge in [-0.3, -0.25) is 19.3 Å². The lowest BCUT2D eigenvalue weighted by molar-refractivity contribution is -0.153. The maximum Gasteiger partial charge on any atom is 0.255 e. The zero-order valence-corrected chi connectivity index (χ0v) is 24.8. The van der Waals surface area contributed by atoms with E-state index in [4.69, 9.17) is 11.5 Å². The van der Waals surface area contributed by atoms with Crippen LogP contribution >= 0.6 is 0 Å². The number of hydrogen-bond donors (Lipinski definition) is 7. The number of benzene rings is 1. The third-order valence-electron chi connectivity index (χ3n) is 9.34. The predicted molar refractivity (Wildman–Crippen MR) is 161 cm³/mol. The third-order valence-corrected chi connectivity index (χ3v) is 9.34. The van der Waals surface area contributed by atoms with E-state index >= 15 is 0 Å². The van der Waals surface area contributed by atoms with Crippen LogP contribution in [0.3, 0.4) is 0 Å². The largest absolute Gasteiger partial charge is 0.508 e. The number of primary amides is 1. The highest BCUT2D eigenvalue weighted by Crippen LogP contribution is 2.54. The lowest BCUT2D eigenvalue weighted by atomic mass is 9.57. The Morgan fingerprint density at radius 3 is 2.30 bits per heavy atom. The maximum atomic E-state index is 14.1. The van der Waals surface area contributed by atoms with Crippen LogP contribution in [0.1, 0.15) is 49.7 Å². The quantitative estimate of drug-likeness (QED) is 0.110. The van der Waals surface area contributed by atoms with Gasteiger partial charge < -0.3 is 42.1 Å². The fraction of sp³-hybridized carbons (Fsp3) is 0.533. The van der Waals surface area contributed by atoms with Gasteiger partial charge in [0, 0.05) is 31.3 Å². The lowest BCUT2D eigenvalue weighted by Gasteiger charge is -2.50. The highest BCUT2D eigenvalue weighted by atomic mass is 16.3. The Morgan fingerprint density at radius 1 is 1.07 bits per heavy atom. The summed E-state index contributed by atoms with van der Waals surface area (Å²) in [6.07, 6.45) is 5.32. The van der Waals surface area contributed by atoms with E-state index in [1.165, 1.54) is 4.90 Å². The molecule has 5 rings (SSSR count). The molecule has 13 heteroatoms. The van der Waals surface area contributed by atoms with Crippen molar-refractivity contribution in [3.63, 3.8) is 0 Å². The van der Waals surface area contributed by atoms with Gasteiger partial charge in [-0.1, -0.05) is 19.3 Å². The molecule has 9 N–H and O–H groups in total. The van der Waals surface area contributed by atoms with Crippen LogP contribution in [0.15, 0.2) is 28.0 Å². The summed E-state index contributed by atoms with van der Waals surface area (Å²) in [5.41, 5.74) is 9.19. The molecule has 13 nitrogen and oxygen atoms in total. The molecule has 0 bridgehead atoms. The number of Topliss-reactive ketones (excluding diaryl/α,β-unsaturated/α-hetero) is 2. The minimum Gasteiger partial charge on any atom is -0.508 e. The number of fused-ring (bicyclic) bond motifs is 3. The molecule has 4 aliphatic carbocycles. The molecule has 0 spiro atoms. The Morgan fingerprint density at radius 2 is 1.72 bits per heavy atom. The zero-order valence-electron chi connectivity index (χ0n) is 24.8. The van der Waals surface area contributed by atoms with Gasteiger partial charge in [-0.2, -0.15) is 0 Å². The minimum absolute atomic E-state index is 0.0143. The highest BCUT2D eigenvalue weighted by Gasteiger charge is 2.64. The molecular formula is C30H40N6O7. The number of nitrogens with two attached hydrogens (primary N) is 2. The number of carbonyl (C=O) groups is 3. The van der Waals surface area contributed by atoms with Crippen molar-refractivity contribution in [2.24, 2.45) is 28.3 Å². The number of aliphatic imine (C=N–C) groups is 1. The van der Waals surface area contributed by atoms with Gasteiger partial charge in [0.2, 0.25) is 5.78 Å². The molecule has 0 unspecified atom stereocenters. The van der Waals surface area contributed by atoms with Gasteiger partial charge in [0.05, 0.1) is 23.3 Å². The number of rotatable bonds is 5. The molecule has 0 radical (unpaired) electrons. The second-order valence-electron chi connectivity index (χ2n) is 12.4. The van der Waals surface area contributed by atoms with Gasteiger partial charge in [0.25, 0.3) is 5.91 Å². The molecule has 0 saturated heterocycles. The van der Waals surface area contributed by atoms with E-state index in [-0.39, 0.29) is 47.4 Å². The molecule has 2 saturated carbocycles. The zero-order chi connectivity index (χ0) is 31.5. The molecule has 0 heterocycles. The van der Waals surface area contributed by atoms with E-state index in [0.29, 0.717) is 11.3 Å². The van der Waals surface area contributed by atoms with E-state index in [1.807, 2.05) is 0 Å². The average Bonchev–Trinajstić information content (AvgIpc) is 2.92. The Hall–Kier alpha value is -4.10. The first-order valence-corrected chi connectivity index (χ1v) is 14.5. The number of likely N-dealkylation sites (N-methyl/N-ethyl adjacent to an activating group) is 1. The molecule has 1 aromatic carbocycles. The van der Waals surface area contributed by atoms with Gasteiger partial charge in [-0.15, -0.1) is 0 Å². The smallest absolute Gasteiger partial charge is 0.255 e. The van der Waals surface area contributed by atoms with E-state index in [0.717, 1.165) is 32.1 Å². The summed E-state index contributed by atoms with van der Waals surface area (Å²) in [5, 5.41) is 48.9. The monoisotopic (exact) mass is 596 g/mol. The number of phenols is 1. The first-order chi connectivity index (χ1) is 20.2. The van der Waals surface area contributed by atoms with Gasteiger partial charge >= 0.3 is 0 Å². The van der Waals surface area contributed by atoms with E-state index in [9.17, 15) is 34.8 Å². The molecule has 43 heavy (non-hydrogen) atoms. The van der Waals surface area contributed by atoms with Crippen molar-refractivity contribution in [3.05, 3.63) is 34.1 Å². The number of guanidine groups is 1. The standard InChI is InChI=1S/C30H40N6O7/c1-35(2)18-12-17(34-29(32)33-14-8-6-5-7-9-14)23(37)20-15(18)10-13-11-16-22(36(3)4)25(39)21(28(31)42)27(41)30(16,43)26(40)19(13)24(20)38/h12-14,16,22,37-38,41,43H,5-11H2,1-4H3,(H2,31,42)(H3,32,33,34)/t13-,16-,22-,30-/m1/s1. The number of nitrogens with one attached hydrogen (secondary N) is 1. The molecule has 0 aromatic heterocycles. The van der Waals surface area contributed by atoms with Crippen LogP contribution in [-0.4, -0.2) is 94.6 Å². The van der Waals surface area contributed by atoms with E-state index in [1.54, 1.807) is 39.2 Å². The number of anilines is 2. The fourth-order valence-corrected chi connectivity index (χ4v) is 7.36. The fourth-order valence-electron chi connectivity index (χ4n) is 7.36. The second kappa shape index (κ2) is 10.9. The van der Waals surface area contributed by atoms with Crippen LogP contribution in [0.4, 0.5) is 11.4 Å². The number of ketones is 2. The Labute approximate surface area is 249 Å². The molecule has 1 amide bonds. The van der Waals surface area contributed by atoms with Crippen LogP contribution < -0.4 is 21.7 Å². The van der Waals surface area contributed by atoms with Crippen molar-refractivity contribution >= 4 is 40.6 Å². The molecule has 0 aliphatic heterocycles.